The number of thioether (sulfide) groups is 1. The van der Waals surface area contributed by atoms with Crippen LogP contribution >= 0.6 is 11.8 Å². The molecule has 3 aromatic rings. The number of nitrogens with one attached hydrogen (secondary N) is 1. The fourth-order valence-electron chi connectivity index (χ4n) is 4.53. The van der Waals surface area contributed by atoms with Gasteiger partial charge < -0.3 is 20.3 Å². The Bertz CT molecular complexity index is 1400. The quantitative estimate of drug-likeness (QED) is 0.291. The van der Waals surface area contributed by atoms with Crippen molar-refractivity contribution in [1.82, 2.24) is 10.2 Å². The van der Waals surface area contributed by atoms with Crippen molar-refractivity contribution in [1.29, 1.82) is 0 Å². The van der Waals surface area contributed by atoms with E-state index in [1.807, 2.05) is 60.7 Å². The van der Waals surface area contributed by atoms with Gasteiger partial charge in [0, 0.05) is 11.3 Å². The predicted molar refractivity (Wildman–Crippen MR) is 143 cm³/mol. The van der Waals surface area contributed by atoms with Crippen LogP contribution < -0.4 is 5.32 Å². The number of aliphatic hydroxyl groups excluding tert-OH is 1. The zero-order valence-corrected chi connectivity index (χ0v) is 21.3. The van der Waals surface area contributed by atoms with Gasteiger partial charge in [0.2, 0.25) is 0 Å². The summed E-state index contributed by atoms with van der Waals surface area (Å²) >= 11 is 1.32. The molecule has 5 rings (SSSR count). The molecule has 2 aliphatic heterocycles. The van der Waals surface area contributed by atoms with Gasteiger partial charge in [0.05, 0.1) is 12.2 Å². The predicted octanol–water partition coefficient (Wildman–Crippen LogP) is 2.98. The fraction of sp³-hybridized carbons (Fsp3) is 0.172. The Morgan fingerprint density at radius 1 is 0.923 bits per heavy atom. The van der Waals surface area contributed by atoms with E-state index in [2.05, 4.69) is 5.32 Å². The molecule has 2 heterocycles. The molecule has 0 spiro atoms. The van der Waals surface area contributed by atoms with Crippen molar-refractivity contribution in [2.75, 3.05) is 12.4 Å². The van der Waals surface area contributed by atoms with Crippen LogP contribution in [0, 0.1) is 0 Å². The Balaban J connectivity index is 1.36. The summed E-state index contributed by atoms with van der Waals surface area (Å²) in [4.78, 5) is 51.9. The van der Waals surface area contributed by atoms with Crippen LogP contribution in [0.25, 0.3) is 0 Å². The average molecular weight is 545 g/mol. The summed E-state index contributed by atoms with van der Waals surface area (Å²) in [6.45, 7) is -0.428. The highest BCUT2D eigenvalue weighted by molar-refractivity contribution is 8.00. The number of hydrogen-bond acceptors (Lipinski definition) is 7. The number of carbonyl (C=O) groups excluding carboxylic acids is 3. The number of esters is 1. The molecular formula is C29H24N2O7S. The number of benzene rings is 3. The third-order valence-electron chi connectivity index (χ3n) is 6.54. The van der Waals surface area contributed by atoms with Gasteiger partial charge in [0.1, 0.15) is 17.1 Å². The van der Waals surface area contributed by atoms with Crippen LogP contribution in [0.4, 0.5) is 0 Å². The number of carboxylic acids is 1. The maximum absolute atomic E-state index is 13.6. The second-order valence-electron chi connectivity index (χ2n) is 8.96. The van der Waals surface area contributed by atoms with Crippen LogP contribution in [0.1, 0.15) is 37.9 Å². The van der Waals surface area contributed by atoms with Crippen molar-refractivity contribution in [2.45, 2.75) is 17.5 Å². The Morgan fingerprint density at radius 2 is 1.49 bits per heavy atom. The highest BCUT2D eigenvalue weighted by Crippen LogP contribution is 2.41. The molecule has 2 atom stereocenters. The lowest BCUT2D eigenvalue weighted by Gasteiger charge is -2.49. The van der Waals surface area contributed by atoms with E-state index < -0.39 is 47.9 Å². The SMILES string of the molecule is O=C(OC(c1ccccc1)c1ccccc1)C1=C(CO)CS[C@H]2[C@@H](NC(=O)c3ccc(C(=O)O)cc3)C(=O)N12. The summed E-state index contributed by atoms with van der Waals surface area (Å²) in [7, 11) is 0. The molecule has 39 heavy (non-hydrogen) atoms. The molecule has 0 aromatic heterocycles. The van der Waals surface area contributed by atoms with Crippen LogP contribution in [0.2, 0.25) is 0 Å². The largest absolute Gasteiger partial charge is 0.478 e. The summed E-state index contributed by atoms with van der Waals surface area (Å²) in [6.07, 6.45) is -0.735. The number of rotatable bonds is 8. The molecule has 9 nitrogen and oxygen atoms in total. The summed E-state index contributed by atoms with van der Waals surface area (Å²) in [5, 5.41) is 21.2. The number of β-lactam (4-membered cyclic amide) rings is 1. The maximum Gasteiger partial charge on any atom is 0.356 e. The molecule has 1 saturated heterocycles. The second kappa shape index (κ2) is 11.1. The minimum Gasteiger partial charge on any atom is -0.478 e. The van der Waals surface area contributed by atoms with Crippen molar-refractivity contribution in [2.24, 2.45) is 0 Å². The van der Waals surface area contributed by atoms with E-state index in [1.54, 1.807) is 0 Å². The molecule has 3 aromatic carbocycles. The molecular weight excluding hydrogens is 520 g/mol. The third-order valence-corrected chi connectivity index (χ3v) is 7.88. The molecule has 10 heteroatoms. The summed E-state index contributed by atoms with van der Waals surface area (Å²) in [5.74, 6) is -2.63. The number of fused-ring (bicyclic) bond motifs is 1. The van der Waals surface area contributed by atoms with Gasteiger partial charge in [-0.25, -0.2) is 9.59 Å². The van der Waals surface area contributed by atoms with E-state index in [-0.39, 0.29) is 22.6 Å². The number of hydrogen-bond donors (Lipinski definition) is 3. The van der Waals surface area contributed by atoms with Crippen LogP contribution in [0.15, 0.2) is 96.2 Å². The number of ether oxygens (including phenoxy) is 1. The highest BCUT2D eigenvalue weighted by atomic mass is 32.2. The van der Waals surface area contributed by atoms with Crippen molar-refractivity contribution < 1.29 is 34.1 Å². The van der Waals surface area contributed by atoms with Gasteiger partial charge in [-0.15, -0.1) is 11.8 Å². The van der Waals surface area contributed by atoms with Crippen LogP contribution in [-0.2, 0) is 14.3 Å². The molecule has 1 fully saturated rings. The summed E-state index contributed by atoms with van der Waals surface area (Å²) in [6, 6.07) is 22.9. The average Bonchev–Trinajstić information content (AvgIpc) is 2.98. The standard InChI is InChI=1S/C29H24N2O7S/c32-15-21-16-39-27-22(30-25(33)19-11-13-20(14-12-19)28(35)36)26(34)31(27)23(21)29(37)38-24(17-7-3-1-4-8-17)18-9-5-2-6-10-18/h1-14,22,24,27,32H,15-16H2,(H,30,33)(H,35,36)/t22-,27-/m0/s1. The fourth-order valence-corrected chi connectivity index (χ4v) is 5.86. The normalized spacial score (nSPS) is 18.3. The minimum absolute atomic E-state index is 0.0144. The first-order valence-corrected chi connectivity index (χ1v) is 13.2. The Kier molecular flexibility index (Phi) is 7.49. The lowest BCUT2D eigenvalue weighted by atomic mass is 10.0. The van der Waals surface area contributed by atoms with E-state index in [0.717, 1.165) is 11.1 Å². The van der Waals surface area contributed by atoms with Crippen molar-refractivity contribution in [3.63, 3.8) is 0 Å². The zero-order chi connectivity index (χ0) is 27.5. The summed E-state index contributed by atoms with van der Waals surface area (Å²) in [5.41, 5.74) is 2.09. The molecule has 0 unspecified atom stereocenters. The van der Waals surface area contributed by atoms with Gasteiger partial charge in [-0.2, -0.15) is 0 Å². The van der Waals surface area contributed by atoms with Gasteiger partial charge >= 0.3 is 11.9 Å². The van der Waals surface area contributed by atoms with E-state index in [0.29, 0.717) is 5.57 Å². The zero-order valence-electron chi connectivity index (χ0n) is 20.5. The lowest BCUT2D eigenvalue weighted by Crippen LogP contribution is -2.70. The van der Waals surface area contributed by atoms with Gasteiger partial charge in [-0.1, -0.05) is 60.7 Å². The number of amides is 2. The Hall–Kier alpha value is -4.41. The molecule has 198 valence electrons. The van der Waals surface area contributed by atoms with E-state index in [9.17, 15) is 24.3 Å². The molecule has 2 amide bonds. The van der Waals surface area contributed by atoms with E-state index >= 15 is 0 Å². The van der Waals surface area contributed by atoms with Crippen molar-refractivity contribution in [3.8, 4) is 0 Å². The van der Waals surface area contributed by atoms with Gasteiger partial charge in [0.25, 0.3) is 11.8 Å². The number of carbonyl (C=O) groups is 4. The maximum atomic E-state index is 13.6. The molecule has 3 N–H and O–H groups in total. The summed E-state index contributed by atoms with van der Waals surface area (Å²) < 4.78 is 5.96. The monoisotopic (exact) mass is 544 g/mol. The highest BCUT2D eigenvalue weighted by Gasteiger charge is 2.54. The van der Waals surface area contributed by atoms with E-state index in [4.69, 9.17) is 9.84 Å². The third kappa shape index (κ3) is 5.16. The van der Waals surface area contributed by atoms with Crippen molar-refractivity contribution in [3.05, 3.63) is 118 Å². The molecule has 0 aliphatic carbocycles. The topological polar surface area (TPSA) is 133 Å². The number of carboxylic acid groups (broad SMARTS) is 1. The van der Waals surface area contributed by atoms with Crippen LogP contribution in [0.3, 0.4) is 0 Å². The van der Waals surface area contributed by atoms with Gasteiger partial charge in [0.15, 0.2) is 6.10 Å². The first-order chi connectivity index (χ1) is 18.9. The Labute approximate surface area is 228 Å². The molecule has 0 radical (unpaired) electrons. The van der Waals surface area contributed by atoms with Crippen molar-refractivity contribution >= 4 is 35.5 Å². The first-order valence-electron chi connectivity index (χ1n) is 12.1. The number of nitrogens with zero attached hydrogens (tertiary/aromatic N) is 1. The number of aromatic carboxylic acids is 1. The van der Waals surface area contributed by atoms with E-state index in [1.165, 1.54) is 40.9 Å². The smallest absolute Gasteiger partial charge is 0.356 e. The Morgan fingerprint density at radius 3 is 2.03 bits per heavy atom. The second-order valence-corrected chi connectivity index (χ2v) is 10.1. The number of aliphatic hydroxyl groups is 1. The van der Waals surface area contributed by atoms with Crippen LogP contribution in [0.5, 0.6) is 0 Å². The van der Waals surface area contributed by atoms with Gasteiger partial charge in [-0.3, -0.25) is 14.5 Å². The molecule has 0 bridgehead atoms. The lowest BCUT2D eigenvalue weighted by molar-refractivity contribution is -0.153. The minimum atomic E-state index is -1.11. The first kappa shape index (κ1) is 26.2. The van der Waals surface area contributed by atoms with Crippen LogP contribution in [-0.4, -0.2) is 62.6 Å². The molecule has 0 saturated carbocycles. The van der Waals surface area contributed by atoms with Gasteiger partial charge in [-0.05, 0) is 41.0 Å². The molecule has 2 aliphatic rings.